The Bertz CT molecular complexity index is 1490. The Balaban J connectivity index is 1.49. The molecule has 2 amide bonds. The number of methoxy groups -OCH3 is 2. The fraction of sp³-hybridized carbons (Fsp3) is 0.250. The minimum atomic E-state index is -0.715. The van der Waals surface area contributed by atoms with Gasteiger partial charge in [0.15, 0.2) is 0 Å². The maximum atomic E-state index is 13.5. The highest BCUT2D eigenvalue weighted by molar-refractivity contribution is 6.07. The van der Waals surface area contributed by atoms with Gasteiger partial charge in [-0.25, -0.2) is 14.8 Å². The summed E-state index contributed by atoms with van der Waals surface area (Å²) in [5, 5.41) is 2.50. The molecule has 0 saturated carbocycles. The van der Waals surface area contributed by atoms with E-state index in [1.807, 2.05) is 17.7 Å². The van der Waals surface area contributed by atoms with Gasteiger partial charge in [0.05, 0.1) is 31.7 Å². The molecule has 4 aromatic rings. The maximum Gasteiger partial charge on any atom is 0.408 e. The molecule has 0 fully saturated rings. The SMILES string of the molecule is COC(=O)CCN(C(=O)c1ccc2c(c1)nc(COc1ccc(C(N)NC(=O)OC)cc1)n2C)c1ccccn1. The number of nitrogens with zero attached hydrogens (tertiary/aromatic N) is 4. The number of benzene rings is 2. The van der Waals surface area contributed by atoms with E-state index in [1.165, 1.54) is 19.1 Å². The molecular formula is C28H30N6O6. The van der Waals surface area contributed by atoms with E-state index in [1.54, 1.807) is 60.8 Å². The van der Waals surface area contributed by atoms with E-state index >= 15 is 0 Å². The summed E-state index contributed by atoms with van der Waals surface area (Å²) in [5.41, 5.74) is 8.49. The number of esters is 1. The summed E-state index contributed by atoms with van der Waals surface area (Å²) < 4.78 is 17.1. The standard InChI is InChI=1S/C28H30N6O6/c1-33-22-12-9-19(27(36)34(15-13-25(35)38-2)23-6-4-5-14-30-23)16-21(22)31-24(33)17-40-20-10-7-18(8-11-20)26(29)32-28(37)39-3/h4-12,14,16,26H,13,15,17,29H2,1-3H3,(H,32,37). The molecule has 0 aliphatic rings. The van der Waals surface area contributed by atoms with E-state index in [-0.39, 0.29) is 25.5 Å². The monoisotopic (exact) mass is 546 g/mol. The Morgan fingerprint density at radius 1 is 1.05 bits per heavy atom. The average molecular weight is 547 g/mol. The lowest BCUT2D eigenvalue weighted by Crippen LogP contribution is -2.33. The molecule has 0 aliphatic heterocycles. The topological polar surface area (TPSA) is 151 Å². The zero-order chi connectivity index (χ0) is 28.6. The van der Waals surface area contributed by atoms with Crippen LogP contribution in [-0.2, 0) is 27.9 Å². The normalized spacial score (nSPS) is 11.5. The molecule has 12 heteroatoms. The second-order valence-corrected chi connectivity index (χ2v) is 8.73. The van der Waals surface area contributed by atoms with E-state index in [0.29, 0.717) is 34.0 Å². The second-order valence-electron chi connectivity index (χ2n) is 8.73. The Hall–Kier alpha value is -4.97. The van der Waals surface area contributed by atoms with Crippen molar-refractivity contribution in [2.45, 2.75) is 19.2 Å². The van der Waals surface area contributed by atoms with Gasteiger partial charge in [-0.15, -0.1) is 0 Å². The van der Waals surface area contributed by atoms with Crippen molar-refractivity contribution in [1.82, 2.24) is 19.9 Å². The molecule has 0 bridgehead atoms. The van der Waals surface area contributed by atoms with Crippen molar-refractivity contribution in [2.24, 2.45) is 12.8 Å². The van der Waals surface area contributed by atoms with Gasteiger partial charge in [-0.3, -0.25) is 14.5 Å². The largest absolute Gasteiger partial charge is 0.486 e. The minimum Gasteiger partial charge on any atom is -0.486 e. The Labute approximate surface area is 230 Å². The number of imidazole rings is 1. The van der Waals surface area contributed by atoms with E-state index in [9.17, 15) is 14.4 Å². The first-order valence-electron chi connectivity index (χ1n) is 12.4. The molecule has 12 nitrogen and oxygen atoms in total. The zero-order valence-electron chi connectivity index (χ0n) is 22.4. The van der Waals surface area contributed by atoms with Crippen LogP contribution in [0.15, 0.2) is 66.9 Å². The van der Waals surface area contributed by atoms with E-state index < -0.39 is 18.2 Å². The Kier molecular flexibility index (Phi) is 8.92. The van der Waals surface area contributed by atoms with Crippen LogP contribution < -0.4 is 20.7 Å². The summed E-state index contributed by atoms with van der Waals surface area (Å²) in [6.45, 7) is 0.295. The number of nitrogens with one attached hydrogen (secondary N) is 1. The number of hydrogen-bond donors (Lipinski definition) is 2. The summed E-state index contributed by atoms with van der Waals surface area (Å²) in [4.78, 5) is 47.0. The number of ether oxygens (including phenoxy) is 3. The highest BCUT2D eigenvalue weighted by Crippen LogP contribution is 2.22. The number of aryl methyl sites for hydroxylation is 1. The first-order chi connectivity index (χ1) is 19.3. The number of carbonyl (C=O) groups excluding carboxylic acids is 3. The molecule has 4 rings (SSSR count). The molecule has 2 aromatic heterocycles. The van der Waals surface area contributed by atoms with E-state index in [0.717, 1.165) is 5.52 Å². The summed E-state index contributed by atoms with van der Waals surface area (Å²) in [6.07, 6.45) is 0.279. The number of alkyl carbamates (subject to hydrolysis) is 1. The molecule has 208 valence electrons. The maximum absolute atomic E-state index is 13.5. The lowest BCUT2D eigenvalue weighted by molar-refractivity contribution is -0.140. The van der Waals surface area contributed by atoms with Crippen LogP contribution in [0.2, 0.25) is 0 Å². The molecular weight excluding hydrogens is 516 g/mol. The third-order valence-electron chi connectivity index (χ3n) is 6.22. The molecule has 1 atom stereocenters. The third-order valence-corrected chi connectivity index (χ3v) is 6.22. The highest BCUT2D eigenvalue weighted by Gasteiger charge is 2.21. The van der Waals surface area contributed by atoms with Crippen LogP contribution in [0, 0.1) is 0 Å². The predicted octanol–water partition coefficient (Wildman–Crippen LogP) is 3.07. The van der Waals surface area contributed by atoms with Crippen LogP contribution in [0.25, 0.3) is 11.0 Å². The molecule has 1 unspecified atom stereocenters. The van der Waals surface area contributed by atoms with Crippen molar-refractivity contribution in [3.8, 4) is 5.75 Å². The number of pyridine rings is 1. The molecule has 2 aromatic carbocycles. The van der Waals surface area contributed by atoms with Gasteiger partial charge in [0, 0.05) is 25.4 Å². The van der Waals surface area contributed by atoms with Crippen LogP contribution >= 0.6 is 0 Å². The number of carbonyl (C=O) groups is 3. The van der Waals surface area contributed by atoms with Gasteiger partial charge in [0.25, 0.3) is 5.91 Å². The van der Waals surface area contributed by atoms with Crippen LogP contribution in [0.3, 0.4) is 0 Å². The number of rotatable bonds is 10. The van der Waals surface area contributed by atoms with Crippen molar-refractivity contribution < 1.29 is 28.6 Å². The number of fused-ring (bicyclic) bond motifs is 1. The van der Waals surface area contributed by atoms with Crippen molar-refractivity contribution >= 4 is 34.8 Å². The Morgan fingerprint density at radius 3 is 2.50 bits per heavy atom. The smallest absolute Gasteiger partial charge is 0.408 e. The lowest BCUT2D eigenvalue weighted by atomic mass is 10.1. The number of aromatic nitrogens is 3. The van der Waals surface area contributed by atoms with Gasteiger partial charge in [0.2, 0.25) is 0 Å². The first-order valence-corrected chi connectivity index (χ1v) is 12.4. The second kappa shape index (κ2) is 12.7. The summed E-state index contributed by atoms with van der Waals surface area (Å²) >= 11 is 0. The molecule has 0 radical (unpaired) electrons. The fourth-order valence-electron chi connectivity index (χ4n) is 3.99. The van der Waals surface area contributed by atoms with Gasteiger partial charge in [-0.2, -0.15) is 0 Å². The van der Waals surface area contributed by atoms with Crippen LogP contribution in [0.1, 0.15) is 34.3 Å². The summed E-state index contributed by atoms with van der Waals surface area (Å²) in [5.74, 6) is 0.940. The van der Waals surface area contributed by atoms with E-state index in [2.05, 4.69) is 20.0 Å². The van der Waals surface area contributed by atoms with Gasteiger partial charge < -0.3 is 29.8 Å². The van der Waals surface area contributed by atoms with Gasteiger partial charge in [0.1, 0.15) is 30.2 Å². The summed E-state index contributed by atoms with van der Waals surface area (Å²) in [7, 11) is 4.44. The third kappa shape index (κ3) is 6.53. The van der Waals surface area contributed by atoms with Crippen LogP contribution in [0.4, 0.5) is 10.6 Å². The van der Waals surface area contributed by atoms with Crippen molar-refractivity contribution in [3.63, 3.8) is 0 Å². The molecule has 0 saturated heterocycles. The zero-order valence-corrected chi connectivity index (χ0v) is 22.4. The lowest BCUT2D eigenvalue weighted by Gasteiger charge is -2.21. The average Bonchev–Trinajstić information content (AvgIpc) is 3.30. The molecule has 2 heterocycles. The van der Waals surface area contributed by atoms with Gasteiger partial charge >= 0.3 is 12.1 Å². The molecule has 3 N–H and O–H groups in total. The van der Waals surface area contributed by atoms with Crippen molar-refractivity contribution in [2.75, 3.05) is 25.7 Å². The van der Waals surface area contributed by atoms with Gasteiger partial charge in [-0.1, -0.05) is 18.2 Å². The van der Waals surface area contributed by atoms with Gasteiger partial charge in [-0.05, 0) is 48.0 Å². The van der Waals surface area contributed by atoms with Crippen LogP contribution in [0.5, 0.6) is 5.75 Å². The molecule has 0 spiro atoms. The number of amides is 2. The number of anilines is 1. The number of hydrogen-bond acceptors (Lipinski definition) is 9. The Morgan fingerprint density at radius 2 is 1.82 bits per heavy atom. The van der Waals surface area contributed by atoms with E-state index in [4.69, 9.17) is 15.2 Å². The predicted molar refractivity (Wildman–Crippen MR) is 147 cm³/mol. The fourth-order valence-corrected chi connectivity index (χ4v) is 3.99. The van der Waals surface area contributed by atoms with Crippen molar-refractivity contribution in [1.29, 1.82) is 0 Å². The van der Waals surface area contributed by atoms with Crippen molar-refractivity contribution in [3.05, 3.63) is 83.8 Å². The highest BCUT2D eigenvalue weighted by atomic mass is 16.5. The molecule has 0 aliphatic carbocycles. The summed E-state index contributed by atoms with van der Waals surface area (Å²) in [6, 6.07) is 17.5. The quantitative estimate of drug-likeness (QED) is 0.226. The number of nitrogens with two attached hydrogens (primary N) is 1. The minimum absolute atomic E-state index is 0.0286. The van der Waals surface area contributed by atoms with Crippen LogP contribution in [-0.4, -0.2) is 53.3 Å². The first kappa shape index (κ1) is 28.0. The molecule has 40 heavy (non-hydrogen) atoms.